The number of methoxy groups -OCH3 is 2. The van der Waals surface area contributed by atoms with E-state index in [0.717, 1.165) is 0 Å². The second kappa shape index (κ2) is 5.37. The van der Waals surface area contributed by atoms with Crippen molar-refractivity contribution in [3.05, 3.63) is 17.7 Å². The van der Waals surface area contributed by atoms with Gasteiger partial charge >= 0.3 is 0 Å². The van der Waals surface area contributed by atoms with Crippen molar-refractivity contribution >= 4 is 9.84 Å². The minimum atomic E-state index is -3.53. The van der Waals surface area contributed by atoms with E-state index in [-0.39, 0.29) is 16.4 Å². The Balaban J connectivity index is 3.41. The predicted octanol–water partition coefficient (Wildman–Crippen LogP) is 0.778. The van der Waals surface area contributed by atoms with Gasteiger partial charge in [-0.15, -0.1) is 0 Å². The average Bonchev–Trinajstić information content (AvgIpc) is 2.28. The lowest BCUT2D eigenvalue weighted by Crippen LogP contribution is -2.12. The molecule has 17 heavy (non-hydrogen) atoms. The Bertz CT molecular complexity index is 493. The Hall–Kier alpha value is -1.27. The zero-order valence-electron chi connectivity index (χ0n) is 10.1. The first-order valence-electron chi connectivity index (χ1n) is 5.03. The first kappa shape index (κ1) is 13.8. The molecule has 6 heteroatoms. The SMILES string of the molecule is COc1ccc(S(=O)(=O)CCO)c(OC)c1C. The highest BCUT2D eigenvalue weighted by atomic mass is 32.2. The van der Waals surface area contributed by atoms with Crippen molar-refractivity contribution in [2.75, 3.05) is 26.6 Å². The number of hydrogen-bond donors (Lipinski definition) is 1. The van der Waals surface area contributed by atoms with Crippen LogP contribution >= 0.6 is 0 Å². The van der Waals surface area contributed by atoms with Gasteiger partial charge in [-0.25, -0.2) is 8.42 Å². The normalized spacial score (nSPS) is 11.3. The molecule has 1 aromatic rings. The van der Waals surface area contributed by atoms with E-state index in [4.69, 9.17) is 14.6 Å². The lowest BCUT2D eigenvalue weighted by molar-refractivity contribution is 0.319. The van der Waals surface area contributed by atoms with Gasteiger partial charge in [0, 0.05) is 5.56 Å². The van der Waals surface area contributed by atoms with Gasteiger partial charge in [-0.3, -0.25) is 0 Å². The lowest BCUT2D eigenvalue weighted by atomic mass is 10.2. The third-order valence-corrected chi connectivity index (χ3v) is 4.15. The molecule has 0 atom stereocenters. The van der Waals surface area contributed by atoms with Crippen molar-refractivity contribution in [3.63, 3.8) is 0 Å². The molecule has 0 spiro atoms. The molecule has 0 aliphatic heterocycles. The average molecular weight is 260 g/mol. The molecule has 0 aromatic heterocycles. The molecule has 1 rings (SSSR count). The van der Waals surface area contributed by atoms with Crippen LogP contribution in [0.5, 0.6) is 11.5 Å². The first-order chi connectivity index (χ1) is 7.97. The van der Waals surface area contributed by atoms with Crippen LogP contribution in [0.2, 0.25) is 0 Å². The molecule has 0 saturated heterocycles. The van der Waals surface area contributed by atoms with Gasteiger partial charge in [-0.2, -0.15) is 0 Å². The number of ether oxygens (including phenoxy) is 2. The second-order valence-electron chi connectivity index (χ2n) is 3.47. The minimum Gasteiger partial charge on any atom is -0.496 e. The van der Waals surface area contributed by atoms with Gasteiger partial charge in [0.1, 0.15) is 16.4 Å². The third-order valence-electron chi connectivity index (χ3n) is 2.44. The maximum Gasteiger partial charge on any atom is 0.184 e. The number of aliphatic hydroxyl groups excluding tert-OH is 1. The molecule has 0 saturated carbocycles. The van der Waals surface area contributed by atoms with Crippen molar-refractivity contribution in [2.45, 2.75) is 11.8 Å². The van der Waals surface area contributed by atoms with E-state index in [1.54, 1.807) is 13.0 Å². The molecule has 96 valence electrons. The van der Waals surface area contributed by atoms with E-state index in [9.17, 15) is 8.42 Å². The molecule has 0 unspecified atom stereocenters. The monoisotopic (exact) mass is 260 g/mol. The summed E-state index contributed by atoms with van der Waals surface area (Å²) in [6, 6.07) is 3.00. The van der Waals surface area contributed by atoms with Gasteiger partial charge in [0.15, 0.2) is 9.84 Å². The Morgan fingerprint density at radius 3 is 2.35 bits per heavy atom. The summed E-state index contributed by atoms with van der Waals surface area (Å²) in [5.74, 6) is 0.498. The second-order valence-corrected chi connectivity index (χ2v) is 5.54. The molecule has 1 aromatic carbocycles. The van der Waals surface area contributed by atoms with E-state index in [1.165, 1.54) is 20.3 Å². The number of sulfone groups is 1. The summed E-state index contributed by atoms with van der Waals surface area (Å²) in [6.07, 6.45) is 0. The van der Waals surface area contributed by atoms with Crippen LogP contribution in [0.25, 0.3) is 0 Å². The van der Waals surface area contributed by atoms with Crippen LogP contribution in [0, 0.1) is 6.92 Å². The molecule has 0 amide bonds. The fourth-order valence-corrected chi connectivity index (χ4v) is 2.85. The van der Waals surface area contributed by atoms with Gasteiger partial charge in [0.25, 0.3) is 0 Å². The van der Waals surface area contributed by atoms with Crippen molar-refractivity contribution in [2.24, 2.45) is 0 Å². The molecule has 0 heterocycles. The zero-order chi connectivity index (χ0) is 13.1. The van der Waals surface area contributed by atoms with Crippen LogP contribution in [0.15, 0.2) is 17.0 Å². The third kappa shape index (κ3) is 2.70. The van der Waals surface area contributed by atoms with Crippen LogP contribution in [0.4, 0.5) is 0 Å². The van der Waals surface area contributed by atoms with E-state index in [2.05, 4.69) is 0 Å². The maximum atomic E-state index is 11.9. The first-order valence-corrected chi connectivity index (χ1v) is 6.68. The van der Waals surface area contributed by atoms with Gasteiger partial charge in [-0.05, 0) is 19.1 Å². The van der Waals surface area contributed by atoms with Crippen LogP contribution in [-0.2, 0) is 9.84 Å². The smallest absolute Gasteiger partial charge is 0.184 e. The topological polar surface area (TPSA) is 72.8 Å². The van der Waals surface area contributed by atoms with E-state index >= 15 is 0 Å². The van der Waals surface area contributed by atoms with Gasteiger partial charge < -0.3 is 14.6 Å². The highest BCUT2D eigenvalue weighted by Crippen LogP contribution is 2.34. The van der Waals surface area contributed by atoms with E-state index < -0.39 is 16.4 Å². The van der Waals surface area contributed by atoms with Crippen molar-refractivity contribution < 1.29 is 23.0 Å². The molecule has 0 bridgehead atoms. The minimum absolute atomic E-state index is 0.0763. The number of hydrogen-bond acceptors (Lipinski definition) is 5. The number of rotatable bonds is 5. The fraction of sp³-hybridized carbons (Fsp3) is 0.455. The molecule has 0 fully saturated rings. The fourth-order valence-electron chi connectivity index (χ4n) is 1.60. The van der Waals surface area contributed by atoms with Crippen LogP contribution in [0.1, 0.15) is 5.56 Å². The van der Waals surface area contributed by atoms with Crippen molar-refractivity contribution in [3.8, 4) is 11.5 Å². The van der Waals surface area contributed by atoms with Crippen molar-refractivity contribution in [1.29, 1.82) is 0 Å². The summed E-state index contributed by atoms with van der Waals surface area (Å²) in [5, 5.41) is 8.75. The Kier molecular flexibility index (Phi) is 4.36. The molecular weight excluding hydrogens is 244 g/mol. The van der Waals surface area contributed by atoms with Crippen LogP contribution in [-0.4, -0.2) is 40.1 Å². The maximum absolute atomic E-state index is 11.9. The zero-order valence-corrected chi connectivity index (χ0v) is 10.9. The Morgan fingerprint density at radius 1 is 1.24 bits per heavy atom. The quantitative estimate of drug-likeness (QED) is 0.847. The summed E-state index contributed by atoms with van der Waals surface area (Å²) >= 11 is 0. The largest absolute Gasteiger partial charge is 0.496 e. The molecule has 1 N–H and O–H groups in total. The van der Waals surface area contributed by atoms with Gasteiger partial charge in [0.2, 0.25) is 0 Å². The highest BCUT2D eigenvalue weighted by Gasteiger charge is 2.22. The Labute approximate surface area is 101 Å². The van der Waals surface area contributed by atoms with Crippen LogP contribution < -0.4 is 9.47 Å². The summed E-state index contributed by atoms with van der Waals surface area (Å²) < 4.78 is 34.0. The van der Waals surface area contributed by atoms with E-state index in [0.29, 0.717) is 11.3 Å². The number of benzene rings is 1. The van der Waals surface area contributed by atoms with Crippen LogP contribution in [0.3, 0.4) is 0 Å². The molecule has 0 radical (unpaired) electrons. The van der Waals surface area contributed by atoms with Crippen molar-refractivity contribution in [1.82, 2.24) is 0 Å². The molecule has 0 aliphatic rings. The summed E-state index contributed by atoms with van der Waals surface area (Å²) in [6.45, 7) is 1.30. The molecular formula is C11H16O5S. The van der Waals surface area contributed by atoms with E-state index in [1.807, 2.05) is 0 Å². The highest BCUT2D eigenvalue weighted by molar-refractivity contribution is 7.91. The standard InChI is InChI=1S/C11H16O5S/c1-8-9(15-2)4-5-10(11(8)16-3)17(13,14)7-6-12/h4-5,12H,6-7H2,1-3H3. The molecule has 0 aliphatic carbocycles. The molecule has 5 nitrogen and oxygen atoms in total. The summed E-state index contributed by atoms with van der Waals surface area (Å²) in [7, 11) is -0.625. The van der Waals surface area contributed by atoms with Gasteiger partial charge in [0.05, 0.1) is 26.6 Å². The lowest BCUT2D eigenvalue weighted by Gasteiger charge is -2.14. The summed E-state index contributed by atoms with van der Waals surface area (Å²) in [4.78, 5) is 0.0763. The Morgan fingerprint density at radius 2 is 1.88 bits per heavy atom. The predicted molar refractivity (Wildman–Crippen MR) is 63.4 cm³/mol. The number of aliphatic hydroxyl groups is 1. The van der Waals surface area contributed by atoms with Gasteiger partial charge in [-0.1, -0.05) is 0 Å². The summed E-state index contributed by atoms with van der Waals surface area (Å²) in [5.41, 5.74) is 0.619.